The van der Waals surface area contributed by atoms with Gasteiger partial charge in [0.15, 0.2) is 0 Å². The van der Waals surface area contributed by atoms with E-state index >= 15 is 0 Å². The van der Waals surface area contributed by atoms with Crippen LogP contribution in [0, 0.1) is 13.8 Å². The Morgan fingerprint density at radius 1 is 1.47 bits per heavy atom. The molecule has 0 spiro atoms. The third-order valence-corrected chi connectivity index (χ3v) is 2.55. The predicted molar refractivity (Wildman–Crippen MR) is 63.6 cm³/mol. The third-order valence-electron chi connectivity index (χ3n) is 2.39. The summed E-state index contributed by atoms with van der Waals surface area (Å²) in [7, 11) is 0. The first-order valence-electron chi connectivity index (χ1n) is 5.01. The molecule has 0 radical (unpaired) electrons. The van der Waals surface area contributed by atoms with Crippen molar-refractivity contribution in [3.05, 3.63) is 34.9 Å². The lowest BCUT2D eigenvalue weighted by Gasteiger charge is -2.10. The molecule has 1 atom stereocenters. The molecular formula is C12H16ClNO. The van der Waals surface area contributed by atoms with E-state index in [1.54, 1.807) is 0 Å². The normalized spacial score (nSPS) is 12.3. The Balaban J connectivity index is 2.78. The van der Waals surface area contributed by atoms with Gasteiger partial charge in [0.2, 0.25) is 0 Å². The fourth-order valence-electron chi connectivity index (χ4n) is 1.33. The summed E-state index contributed by atoms with van der Waals surface area (Å²) >= 11 is 5.77. The summed E-state index contributed by atoms with van der Waals surface area (Å²) in [5, 5.41) is 2.75. The number of halogens is 1. The number of benzene rings is 1. The number of nitrogens with one attached hydrogen (secondary N) is 1. The molecule has 0 heterocycles. The zero-order valence-electron chi connectivity index (χ0n) is 9.30. The highest BCUT2D eigenvalue weighted by molar-refractivity contribution is 6.20. The van der Waals surface area contributed by atoms with E-state index in [-0.39, 0.29) is 11.3 Å². The summed E-state index contributed by atoms with van der Waals surface area (Å²) in [6.07, 6.45) is 0. The van der Waals surface area contributed by atoms with Gasteiger partial charge in [-0.1, -0.05) is 12.1 Å². The van der Waals surface area contributed by atoms with Gasteiger partial charge in [-0.3, -0.25) is 4.79 Å². The van der Waals surface area contributed by atoms with Crippen molar-refractivity contribution >= 4 is 17.5 Å². The summed E-state index contributed by atoms with van der Waals surface area (Å²) in [5.41, 5.74) is 2.88. The number of aryl methyl sites for hydroxylation is 1. The SMILES string of the molecule is Cc1cccc(C(=O)NCC(C)Cl)c1C. The zero-order chi connectivity index (χ0) is 11.4. The minimum atomic E-state index is -0.0521. The lowest BCUT2D eigenvalue weighted by molar-refractivity contribution is 0.0953. The van der Waals surface area contributed by atoms with E-state index in [0.29, 0.717) is 6.54 Å². The van der Waals surface area contributed by atoms with Gasteiger partial charge >= 0.3 is 0 Å². The maximum Gasteiger partial charge on any atom is 0.251 e. The summed E-state index contributed by atoms with van der Waals surface area (Å²) in [6, 6.07) is 5.72. The largest absolute Gasteiger partial charge is 0.351 e. The van der Waals surface area contributed by atoms with Crippen molar-refractivity contribution in [2.24, 2.45) is 0 Å². The fraction of sp³-hybridized carbons (Fsp3) is 0.417. The van der Waals surface area contributed by atoms with Crippen molar-refractivity contribution in [3.63, 3.8) is 0 Å². The van der Waals surface area contributed by atoms with Crippen molar-refractivity contribution in [1.29, 1.82) is 0 Å². The fourth-order valence-corrected chi connectivity index (χ4v) is 1.40. The van der Waals surface area contributed by atoms with Crippen molar-refractivity contribution in [2.45, 2.75) is 26.1 Å². The Kier molecular flexibility index (Phi) is 4.15. The maximum absolute atomic E-state index is 11.8. The molecular weight excluding hydrogens is 210 g/mol. The minimum Gasteiger partial charge on any atom is -0.351 e. The van der Waals surface area contributed by atoms with Crippen LogP contribution in [0.5, 0.6) is 0 Å². The monoisotopic (exact) mass is 225 g/mol. The number of carbonyl (C=O) groups is 1. The smallest absolute Gasteiger partial charge is 0.251 e. The molecule has 3 heteroatoms. The van der Waals surface area contributed by atoms with Gasteiger partial charge < -0.3 is 5.32 Å². The van der Waals surface area contributed by atoms with Crippen molar-refractivity contribution in [2.75, 3.05) is 6.54 Å². The third kappa shape index (κ3) is 3.24. The molecule has 0 aliphatic rings. The Morgan fingerprint density at radius 2 is 2.13 bits per heavy atom. The molecule has 0 saturated carbocycles. The average molecular weight is 226 g/mol. The molecule has 1 unspecified atom stereocenters. The van der Waals surface area contributed by atoms with Gasteiger partial charge in [0, 0.05) is 17.5 Å². The lowest BCUT2D eigenvalue weighted by atomic mass is 10.0. The van der Waals surface area contributed by atoms with Crippen molar-refractivity contribution < 1.29 is 4.79 Å². The molecule has 0 aliphatic carbocycles. The van der Waals surface area contributed by atoms with Crippen LogP contribution in [0.3, 0.4) is 0 Å². The molecule has 0 fully saturated rings. The van der Waals surface area contributed by atoms with Crippen LogP contribution in [0.2, 0.25) is 0 Å². The highest BCUT2D eigenvalue weighted by Gasteiger charge is 2.09. The van der Waals surface area contributed by atoms with Crippen LogP contribution in [0.1, 0.15) is 28.4 Å². The summed E-state index contributed by atoms with van der Waals surface area (Å²) in [6.45, 7) is 6.30. The minimum absolute atomic E-state index is 0.0425. The van der Waals surface area contributed by atoms with E-state index < -0.39 is 0 Å². The number of amides is 1. The Labute approximate surface area is 95.6 Å². The topological polar surface area (TPSA) is 29.1 Å². The van der Waals surface area contributed by atoms with Gasteiger partial charge in [0.1, 0.15) is 0 Å². The molecule has 15 heavy (non-hydrogen) atoms. The molecule has 1 aromatic rings. The number of hydrogen-bond acceptors (Lipinski definition) is 1. The van der Waals surface area contributed by atoms with E-state index in [1.807, 2.05) is 39.0 Å². The molecule has 0 bridgehead atoms. The van der Waals surface area contributed by atoms with Gasteiger partial charge in [-0.15, -0.1) is 11.6 Å². The van der Waals surface area contributed by atoms with Crippen molar-refractivity contribution in [1.82, 2.24) is 5.32 Å². The van der Waals surface area contributed by atoms with Crippen LogP contribution in [0.15, 0.2) is 18.2 Å². The van der Waals surface area contributed by atoms with E-state index in [0.717, 1.165) is 16.7 Å². The van der Waals surface area contributed by atoms with Gasteiger partial charge in [0.05, 0.1) is 0 Å². The van der Waals surface area contributed by atoms with Gasteiger partial charge in [-0.25, -0.2) is 0 Å². The van der Waals surface area contributed by atoms with Crippen LogP contribution < -0.4 is 5.32 Å². The summed E-state index contributed by atoms with van der Waals surface area (Å²) in [5.74, 6) is -0.0521. The van der Waals surface area contributed by atoms with E-state index in [4.69, 9.17) is 11.6 Å². The number of hydrogen-bond donors (Lipinski definition) is 1. The van der Waals surface area contributed by atoms with E-state index in [1.165, 1.54) is 0 Å². The predicted octanol–water partition coefficient (Wildman–Crippen LogP) is 2.66. The van der Waals surface area contributed by atoms with Crippen LogP contribution in [-0.4, -0.2) is 17.8 Å². The number of carbonyl (C=O) groups excluding carboxylic acids is 1. The highest BCUT2D eigenvalue weighted by Crippen LogP contribution is 2.12. The second-order valence-corrected chi connectivity index (χ2v) is 4.48. The quantitative estimate of drug-likeness (QED) is 0.788. The molecule has 82 valence electrons. The second-order valence-electron chi connectivity index (χ2n) is 3.74. The standard InChI is InChI=1S/C12H16ClNO/c1-8-5-4-6-11(10(8)3)12(15)14-7-9(2)13/h4-6,9H,7H2,1-3H3,(H,14,15). The Bertz CT molecular complexity index is 361. The van der Waals surface area contributed by atoms with E-state index in [2.05, 4.69) is 5.32 Å². The van der Waals surface area contributed by atoms with Crippen LogP contribution in [-0.2, 0) is 0 Å². The van der Waals surface area contributed by atoms with Crippen molar-refractivity contribution in [3.8, 4) is 0 Å². The van der Waals surface area contributed by atoms with Gasteiger partial charge in [-0.2, -0.15) is 0 Å². The van der Waals surface area contributed by atoms with Crippen LogP contribution in [0.4, 0.5) is 0 Å². The number of alkyl halides is 1. The molecule has 0 aliphatic heterocycles. The summed E-state index contributed by atoms with van der Waals surface area (Å²) < 4.78 is 0. The molecule has 1 rings (SSSR count). The Morgan fingerprint density at radius 3 is 2.73 bits per heavy atom. The first-order valence-corrected chi connectivity index (χ1v) is 5.44. The molecule has 1 N–H and O–H groups in total. The molecule has 0 aromatic heterocycles. The first kappa shape index (κ1) is 12.1. The second kappa shape index (κ2) is 5.17. The summed E-state index contributed by atoms with van der Waals surface area (Å²) in [4.78, 5) is 11.8. The van der Waals surface area contributed by atoms with Gasteiger partial charge in [-0.05, 0) is 38.0 Å². The van der Waals surface area contributed by atoms with Crippen LogP contribution in [0.25, 0.3) is 0 Å². The first-order chi connectivity index (χ1) is 7.02. The highest BCUT2D eigenvalue weighted by atomic mass is 35.5. The Hall–Kier alpha value is -1.02. The number of rotatable bonds is 3. The molecule has 1 aromatic carbocycles. The van der Waals surface area contributed by atoms with Gasteiger partial charge in [0.25, 0.3) is 5.91 Å². The molecule has 0 saturated heterocycles. The lowest BCUT2D eigenvalue weighted by Crippen LogP contribution is -2.29. The average Bonchev–Trinajstić information content (AvgIpc) is 2.18. The molecule has 1 amide bonds. The van der Waals surface area contributed by atoms with E-state index in [9.17, 15) is 4.79 Å². The van der Waals surface area contributed by atoms with Crippen LogP contribution >= 0.6 is 11.6 Å². The maximum atomic E-state index is 11.8. The zero-order valence-corrected chi connectivity index (χ0v) is 10.1. The molecule has 2 nitrogen and oxygen atoms in total.